The molecule has 0 spiro atoms. The summed E-state index contributed by atoms with van der Waals surface area (Å²) in [5.41, 5.74) is 1.50. The number of carbonyl (C=O) groups is 1. The Hall–Kier alpha value is -2.18. The first-order valence-corrected chi connectivity index (χ1v) is 7.14. The lowest BCUT2D eigenvalue weighted by Gasteiger charge is -2.30. The number of piperidine rings is 1. The molecule has 0 saturated carbocycles. The van der Waals surface area contributed by atoms with Gasteiger partial charge in [0.25, 0.3) is 5.91 Å². The van der Waals surface area contributed by atoms with Gasteiger partial charge in [-0.2, -0.15) is 10.1 Å². The second-order valence-corrected chi connectivity index (χ2v) is 5.54. The predicted octanol–water partition coefficient (Wildman–Crippen LogP) is 1.44. The van der Waals surface area contributed by atoms with Gasteiger partial charge in [-0.05, 0) is 32.8 Å². The van der Waals surface area contributed by atoms with Crippen molar-refractivity contribution in [3.05, 3.63) is 29.2 Å². The number of aryl methyl sites for hydroxylation is 3. The number of likely N-dealkylation sites (tertiary alicyclic amines) is 1. The predicted molar refractivity (Wildman–Crippen MR) is 74.9 cm³/mol. The first-order chi connectivity index (χ1) is 10.0. The van der Waals surface area contributed by atoms with Crippen molar-refractivity contribution in [3.63, 3.8) is 0 Å². The minimum absolute atomic E-state index is 0.0401. The zero-order chi connectivity index (χ0) is 15.0. The molecule has 0 N–H and O–H groups in total. The molecule has 3 rings (SSSR count). The summed E-state index contributed by atoms with van der Waals surface area (Å²) in [6.07, 6.45) is 1.70. The molecule has 1 amide bonds. The van der Waals surface area contributed by atoms with Crippen LogP contribution < -0.4 is 0 Å². The highest BCUT2D eigenvalue weighted by Gasteiger charge is 2.28. The monoisotopic (exact) mass is 289 g/mol. The van der Waals surface area contributed by atoms with E-state index in [1.54, 1.807) is 11.7 Å². The molecule has 0 bridgehead atoms. The topological polar surface area (TPSA) is 77.0 Å². The van der Waals surface area contributed by atoms with E-state index in [1.807, 2.05) is 24.8 Å². The van der Waals surface area contributed by atoms with Gasteiger partial charge in [-0.1, -0.05) is 5.16 Å². The summed E-state index contributed by atoms with van der Waals surface area (Å²) in [7, 11) is 1.80. The third kappa shape index (κ3) is 2.68. The van der Waals surface area contributed by atoms with Gasteiger partial charge in [-0.15, -0.1) is 0 Å². The van der Waals surface area contributed by atoms with Gasteiger partial charge in [0.1, 0.15) is 5.69 Å². The highest BCUT2D eigenvalue weighted by atomic mass is 16.5. The first kappa shape index (κ1) is 13.8. The van der Waals surface area contributed by atoms with Crippen LogP contribution >= 0.6 is 0 Å². The number of hydrogen-bond donors (Lipinski definition) is 0. The van der Waals surface area contributed by atoms with E-state index in [-0.39, 0.29) is 11.8 Å². The lowest BCUT2D eigenvalue weighted by molar-refractivity contribution is 0.0693. The maximum Gasteiger partial charge on any atom is 0.272 e. The molecule has 7 nitrogen and oxygen atoms in total. The summed E-state index contributed by atoms with van der Waals surface area (Å²) in [6.45, 7) is 5.11. The van der Waals surface area contributed by atoms with E-state index in [0.29, 0.717) is 30.5 Å². The summed E-state index contributed by atoms with van der Waals surface area (Å²) in [6, 6.07) is 1.83. The number of rotatable bonds is 2. The molecule has 7 heteroatoms. The second-order valence-electron chi connectivity index (χ2n) is 5.54. The molecule has 1 fully saturated rings. The fourth-order valence-electron chi connectivity index (χ4n) is 2.78. The van der Waals surface area contributed by atoms with Crippen molar-refractivity contribution in [2.75, 3.05) is 13.1 Å². The smallest absolute Gasteiger partial charge is 0.272 e. The van der Waals surface area contributed by atoms with Crippen LogP contribution in [0.15, 0.2) is 10.6 Å². The van der Waals surface area contributed by atoms with E-state index in [2.05, 4.69) is 15.2 Å². The molecule has 21 heavy (non-hydrogen) atoms. The Bertz CT molecular complexity index is 652. The summed E-state index contributed by atoms with van der Waals surface area (Å²) >= 11 is 0. The van der Waals surface area contributed by atoms with Crippen molar-refractivity contribution in [2.24, 2.45) is 7.05 Å². The SMILES string of the molecule is Cc1cc(C(=O)N2CCC(c3nc(C)no3)CC2)n(C)n1. The summed E-state index contributed by atoms with van der Waals surface area (Å²) in [5.74, 6) is 1.65. The summed E-state index contributed by atoms with van der Waals surface area (Å²) in [4.78, 5) is 18.7. The Morgan fingerprint density at radius 1 is 1.33 bits per heavy atom. The van der Waals surface area contributed by atoms with Gasteiger partial charge in [0.15, 0.2) is 5.82 Å². The molecule has 0 unspecified atom stereocenters. The van der Waals surface area contributed by atoms with E-state index < -0.39 is 0 Å². The van der Waals surface area contributed by atoms with Crippen molar-refractivity contribution < 1.29 is 9.32 Å². The molecular weight excluding hydrogens is 270 g/mol. The van der Waals surface area contributed by atoms with Crippen LogP contribution in [0.2, 0.25) is 0 Å². The second kappa shape index (κ2) is 5.31. The number of nitrogens with zero attached hydrogens (tertiary/aromatic N) is 5. The molecule has 1 aliphatic rings. The van der Waals surface area contributed by atoms with Crippen molar-refractivity contribution in [3.8, 4) is 0 Å². The molecular formula is C14H19N5O2. The zero-order valence-corrected chi connectivity index (χ0v) is 12.5. The van der Waals surface area contributed by atoms with E-state index in [4.69, 9.17) is 4.52 Å². The van der Waals surface area contributed by atoms with Crippen LogP contribution in [0.25, 0.3) is 0 Å². The summed E-state index contributed by atoms with van der Waals surface area (Å²) in [5, 5.41) is 8.06. The molecule has 1 aliphatic heterocycles. The van der Waals surface area contributed by atoms with Crippen LogP contribution in [0.1, 0.15) is 46.7 Å². The fraction of sp³-hybridized carbons (Fsp3) is 0.571. The number of aromatic nitrogens is 4. The lowest BCUT2D eigenvalue weighted by Crippen LogP contribution is -2.38. The largest absolute Gasteiger partial charge is 0.339 e. The average molecular weight is 289 g/mol. The Morgan fingerprint density at radius 3 is 2.57 bits per heavy atom. The highest BCUT2D eigenvalue weighted by molar-refractivity contribution is 5.92. The average Bonchev–Trinajstić information content (AvgIpc) is 3.04. The molecule has 2 aromatic rings. The van der Waals surface area contributed by atoms with E-state index in [0.717, 1.165) is 18.5 Å². The Kier molecular flexibility index (Phi) is 3.48. The van der Waals surface area contributed by atoms with Gasteiger partial charge < -0.3 is 9.42 Å². The van der Waals surface area contributed by atoms with Gasteiger partial charge in [-0.25, -0.2) is 0 Å². The van der Waals surface area contributed by atoms with Crippen LogP contribution in [0.5, 0.6) is 0 Å². The standard InChI is InChI=1S/C14H19N5O2/c1-9-8-12(18(3)16-9)14(20)19-6-4-11(5-7-19)13-15-10(2)17-21-13/h8,11H,4-7H2,1-3H3. The molecule has 0 radical (unpaired) electrons. The van der Waals surface area contributed by atoms with Crippen LogP contribution in [-0.2, 0) is 7.05 Å². The van der Waals surface area contributed by atoms with Crippen LogP contribution in [0.3, 0.4) is 0 Å². The third-order valence-electron chi connectivity index (χ3n) is 3.90. The summed E-state index contributed by atoms with van der Waals surface area (Å²) < 4.78 is 6.87. The third-order valence-corrected chi connectivity index (χ3v) is 3.90. The molecule has 1 saturated heterocycles. The van der Waals surface area contributed by atoms with Crippen molar-refractivity contribution in [2.45, 2.75) is 32.6 Å². The quantitative estimate of drug-likeness (QED) is 0.836. The van der Waals surface area contributed by atoms with Crippen LogP contribution in [0.4, 0.5) is 0 Å². The zero-order valence-electron chi connectivity index (χ0n) is 12.5. The van der Waals surface area contributed by atoms with E-state index in [1.165, 1.54) is 0 Å². The van der Waals surface area contributed by atoms with Crippen molar-refractivity contribution in [1.82, 2.24) is 24.8 Å². The maximum absolute atomic E-state index is 12.5. The molecule has 0 aliphatic carbocycles. The molecule has 0 aromatic carbocycles. The minimum atomic E-state index is 0.0401. The van der Waals surface area contributed by atoms with Gasteiger partial charge in [0.2, 0.25) is 5.89 Å². The van der Waals surface area contributed by atoms with E-state index in [9.17, 15) is 4.79 Å². The number of carbonyl (C=O) groups excluding carboxylic acids is 1. The Morgan fingerprint density at radius 2 is 2.05 bits per heavy atom. The number of amides is 1. The van der Waals surface area contributed by atoms with Crippen molar-refractivity contribution in [1.29, 1.82) is 0 Å². The molecule has 2 aromatic heterocycles. The van der Waals surface area contributed by atoms with Crippen LogP contribution in [0, 0.1) is 13.8 Å². The lowest BCUT2D eigenvalue weighted by atomic mass is 9.96. The molecule has 0 atom stereocenters. The van der Waals surface area contributed by atoms with Gasteiger partial charge in [0.05, 0.1) is 5.69 Å². The Balaban J connectivity index is 1.65. The first-order valence-electron chi connectivity index (χ1n) is 7.14. The highest BCUT2D eigenvalue weighted by Crippen LogP contribution is 2.27. The molecule has 112 valence electrons. The van der Waals surface area contributed by atoms with Gasteiger partial charge >= 0.3 is 0 Å². The minimum Gasteiger partial charge on any atom is -0.339 e. The van der Waals surface area contributed by atoms with Crippen LogP contribution in [-0.4, -0.2) is 43.8 Å². The molecule has 3 heterocycles. The van der Waals surface area contributed by atoms with Gasteiger partial charge in [0, 0.05) is 26.1 Å². The number of hydrogen-bond acceptors (Lipinski definition) is 5. The Labute approximate surface area is 122 Å². The normalized spacial score (nSPS) is 16.4. The van der Waals surface area contributed by atoms with Gasteiger partial charge in [-0.3, -0.25) is 9.48 Å². The maximum atomic E-state index is 12.5. The van der Waals surface area contributed by atoms with E-state index >= 15 is 0 Å². The van der Waals surface area contributed by atoms with Crippen molar-refractivity contribution >= 4 is 5.91 Å². The fourth-order valence-corrected chi connectivity index (χ4v) is 2.78.